The molecule has 2 aromatic carbocycles. The number of ether oxygens (including phenoxy) is 2. The fourth-order valence-corrected chi connectivity index (χ4v) is 4.73. The van der Waals surface area contributed by atoms with Gasteiger partial charge >= 0.3 is 0 Å². The van der Waals surface area contributed by atoms with Crippen LogP contribution in [0.5, 0.6) is 11.5 Å². The van der Waals surface area contributed by atoms with Crippen LogP contribution in [0.15, 0.2) is 53.4 Å². The minimum Gasteiger partial charge on any atom is -0.497 e. The molecule has 0 atom stereocenters. The molecule has 10 heteroatoms. The number of aryl methyl sites for hydroxylation is 1. The molecule has 1 N–H and O–H groups in total. The average Bonchev–Trinajstić information content (AvgIpc) is 2.78. The second-order valence-electron chi connectivity index (χ2n) is 6.86. The number of nitrogens with zero attached hydrogens (tertiary/aromatic N) is 2. The zero-order chi connectivity index (χ0) is 23.5. The number of methoxy groups -OCH3 is 2. The van der Waals surface area contributed by atoms with Crippen LogP contribution in [0.25, 0.3) is 0 Å². The van der Waals surface area contributed by atoms with Crippen molar-refractivity contribution in [2.45, 2.75) is 18.4 Å². The number of anilines is 2. The van der Waals surface area contributed by atoms with Crippen LogP contribution < -0.4 is 19.1 Å². The SMILES string of the molecule is CNc1cc(F)c(S(=O)(=O)N(Cc2ccc(OC)cc2OC)c2cccc(F)n2)cc1C. The van der Waals surface area contributed by atoms with E-state index in [9.17, 15) is 17.2 Å². The maximum atomic E-state index is 14.9. The maximum Gasteiger partial charge on any atom is 0.268 e. The van der Waals surface area contributed by atoms with Crippen molar-refractivity contribution in [3.8, 4) is 11.5 Å². The Bertz CT molecular complexity index is 1240. The molecule has 0 fully saturated rings. The maximum absolute atomic E-state index is 14.9. The topological polar surface area (TPSA) is 80.8 Å². The van der Waals surface area contributed by atoms with Gasteiger partial charge < -0.3 is 14.8 Å². The van der Waals surface area contributed by atoms with Gasteiger partial charge in [0.2, 0.25) is 5.95 Å². The van der Waals surface area contributed by atoms with E-state index in [1.54, 1.807) is 32.2 Å². The number of aromatic nitrogens is 1. The highest BCUT2D eigenvalue weighted by Gasteiger charge is 2.31. The molecule has 0 amide bonds. The second-order valence-corrected chi connectivity index (χ2v) is 8.69. The van der Waals surface area contributed by atoms with Crippen LogP contribution in [0.4, 0.5) is 20.3 Å². The highest BCUT2D eigenvalue weighted by atomic mass is 32.2. The Balaban J connectivity index is 2.17. The van der Waals surface area contributed by atoms with E-state index in [1.807, 2.05) is 0 Å². The lowest BCUT2D eigenvalue weighted by molar-refractivity contribution is 0.391. The van der Waals surface area contributed by atoms with Crippen molar-refractivity contribution in [1.29, 1.82) is 0 Å². The molecular weight excluding hydrogens is 440 g/mol. The Hall–Kier alpha value is -3.40. The van der Waals surface area contributed by atoms with E-state index >= 15 is 0 Å². The Kier molecular flexibility index (Phi) is 6.83. The van der Waals surface area contributed by atoms with E-state index in [0.29, 0.717) is 28.3 Å². The Morgan fingerprint density at radius 3 is 2.44 bits per heavy atom. The van der Waals surface area contributed by atoms with Gasteiger partial charge in [0, 0.05) is 24.4 Å². The monoisotopic (exact) mass is 463 g/mol. The summed E-state index contributed by atoms with van der Waals surface area (Å²) in [5.41, 5.74) is 1.43. The number of pyridine rings is 1. The van der Waals surface area contributed by atoms with Crippen LogP contribution in [-0.2, 0) is 16.6 Å². The molecule has 0 radical (unpaired) electrons. The van der Waals surface area contributed by atoms with E-state index in [1.165, 1.54) is 32.4 Å². The van der Waals surface area contributed by atoms with Crippen LogP contribution in [0.2, 0.25) is 0 Å². The molecule has 3 aromatic rings. The number of hydrogen-bond acceptors (Lipinski definition) is 6. The van der Waals surface area contributed by atoms with E-state index < -0.39 is 26.7 Å². The summed E-state index contributed by atoms with van der Waals surface area (Å²) in [4.78, 5) is 3.17. The van der Waals surface area contributed by atoms with Gasteiger partial charge in [0.1, 0.15) is 28.0 Å². The zero-order valence-corrected chi connectivity index (χ0v) is 18.8. The highest BCUT2D eigenvalue weighted by Crippen LogP contribution is 2.32. The van der Waals surface area contributed by atoms with Gasteiger partial charge in [0.15, 0.2) is 0 Å². The average molecular weight is 464 g/mol. The first-order chi connectivity index (χ1) is 15.2. The van der Waals surface area contributed by atoms with Crippen molar-refractivity contribution in [2.24, 2.45) is 0 Å². The number of sulfonamides is 1. The number of nitrogens with one attached hydrogen (secondary N) is 1. The van der Waals surface area contributed by atoms with Crippen molar-refractivity contribution in [3.63, 3.8) is 0 Å². The van der Waals surface area contributed by atoms with Crippen LogP contribution in [0, 0.1) is 18.7 Å². The summed E-state index contributed by atoms with van der Waals surface area (Å²) < 4.78 is 67.3. The lowest BCUT2D eigenvalue weighted by Gasteiger charge is -2.25. The number of hydrogen-bond donors (Lipinski definition) is 1. The van der Waals surface area contributed by atoms with E-state index in [2.05, 4.69) is 10.3 Å². The first-order valence-corrected chi connectivity index (χ1v) is 11.0. The molecule has 1 heterocycles. The third kappa shape index (κ3) is 4.59. The molecule has 7 nitrogen and oxygen atoms in total. The van der Waals surface area contributed by atoms with Crippen molar-refractivity contribution in [1.82, 2.24) is 4.98 Å². The fraction of sp³-hybridized carbons (Fsp3) is 0.227. The molecule has 0 spiro atoms. The lowest BCUT2D eigenvalue weighted by Crippen LogP contribution is -2.32. The molecule has 0 saturated heterocycles. The normalized spacial score (nSPS) is 11.2. The minimum absolute atomic E-state index is 0.197. The molecule has 0 bridgehead atoms. The van der Waals surface area contributed by atoms with Crippen molar-refractivity contribution in [3.05, 3.63) is 71.4 Å². The second kappa shape index (κ2) is 9.39. The van der Waals surface area contributed by atoms with Gasteiger partial charge in [0.05, 0.1) is 20.8 Å². The van der Waals surface area contributed by atoms with Crippen LogP contribution in [0.3, 0.4) is 0 Å². The first kappa shape index (κ1) is 23.3. The quantitative estimate of drug-likeness (QED) is 0.506. The van der Waals surface area contributed by atoms with Crippen molar-refractivity contribution < 1.29 is 26.7 Å². The summed E-state index contributed by atoms with van der Waals surface area (Å²) in [6, 6.07) is 10.9. The number of benzene rings is 2. The molecule has 0 aliphatic heterocycles. The molecular formula is C22H23F2N3O4S. The van der Waals surface area contributed by atoms with E-state index in [-0.39, 0.29) is 12.4 Å². The van der Waals surface area contributed by atoms with Crippen molar-refractivity contribution >= 4 is 21.5 Å². The fourth-order valence-electron chi connectivity index (χ4n) is 3.20. The van der Waals surface area contributed by atoms with Gasteiger partial charge in [-0.3, -0.25) is 0 Å². The minimum atomic E-state index is -4.47. The predicted molar refractivity (Wildman–Crippen MR) is 118 cm³/mol. The van der Waals surface area contributed by atoms with Gasteiger partial charge in [-0.25, -0.2) is 22.1 Å². The standard InChI is InChI=1S/C22H23F2N3O4S/c1-14-10-20(17(23)12-18(14)25-2)32(28,29)27(22-7-5-6-21(24)26-22)13-15-8-9-16(30-3)11-19(15)31-4/h5-12,25H,13H2,1-4H3. The van der Waals surface area contributed by atoms with Gasteiger partial charge in [-0.15, -0.1) is 0 Å². The highest BCUT2D eigenvalue weighted by molar-refractivity contribution is 7.92. The third-order valence-corrected chi connectivity index (χ3v) is 6.65. The third-order valence-electron chi connectivity index (χ3n) is 4.88. The smallest absolute Gasteiger partial charge is 0.268 e. The molecule has 0 unspecified atom stereocenters. The van der Waals surface area contributed by atoms with E-state index in [4.69, 9.17) is 9.47 Å². The number of rotatable bonds is 8. The molecule has 0 aliphatic rings. The molecule has 170 valence electrons. The summed E-state index contributed by atoms with van der Waals surface area (Å²) >= 11 is 0. The van der Waals surface area contributed by atoms with Crippen molar-refractivity contribution in [2.75, 3.05) is 30.9 Å². The Morgan fingerprint density at radius 1 is 1.06 bits per heavy atom. The lowest BCUT2D eigenvalue weighted by atomic mass is 10.2. The first-order valence-electron chi connectivity index (χ1n) is 9.55. The summed E-state index contributed by atoms with van der Waals surface area (Å²) in [6.45, 7) is 1.37. The predicted octanol–water partition coefficient (Wildman–Crippen LogP) is 4.12. The summed E-state index contributed by atoms with van der Waals surface area (Å²) in [7, 11) is 0.0482. The number of halogens is 2. The molecule has 1 aromatic heterocycles. The summed E-state index contributed by atoms with van der Waals surface area (Å²) in [5.74, 6) is -1.15. The summed E-state index contributed by atoms with van der Waals surface area (Å²) in [6.07, 6.45) is 0. The molecule has 0 saturated carbocycles. The zero-order valence-electron chi connectivity index (χ0n) is 18.0. The van der Waals surface area contributed by atoms with Gasteiger partial charge in [-0.2, -0.15) is 4.39 Å². The Morgan fingerprint density at radius 2 is 1.81 bits per heavy atom. The van der Waals surface area contributed by atoms with Crippen LogP contribution >= 0.6 is 0 Å². The summed E-state index contributed by atoms with van der Waals surface area (Å²) in [5, 5.41) is 2.81. The van der Waals surface area contributed by atoms with Crippen LogP contribution in [0.1, 0.15) is 11.1 Å². The van der Waals surface area contributed by atoms with Gasteiger partial charge in [-0.1, -0.05) is 6.07 Å². The van der Waals surface area contributed by atoms with Crippen LogP contribution in [-0.4, -0.2) is 34.7 Å². The molecule has 3 rings (SSSR count). The van der Waals surface area contributed by atoms with Gasteiger partial charge in [0.25, 0.3) is 10.0 Å². The molecule has 32 heavy (non-hydrogen) atoms. The molecule has 0 aliphatic carbocycles. The van der Waals surface area contributed by atoms with E-state index in [0.717, 1.165) is 16.4 Å². The largest absolute Gasteiger partial charge is 0.497 e. The Labute approximate surface area is 185 Å². The van der Waals surface area contributed by atoms with Gasteiger partial charge in [-0.05, 0) is 48.9 Å².